The molecule has 1 aliphatic carbocycles. The molecule has 0 aromatic heterocycles. The van der Waals surface area contributed by atoms with Crippen molar-refractivity contribution in [1.29, 1.82) is 0 Å². The number of sulfonamides is 1. The lowest BCUT2D eigenvalue weighted by Crippen LogP contribution is -2.58. The van der Waals surface area contributed by atoms with Gasteiger partial charge in [0, 0.05) is 24.4 Å². The van der Waals surface area contributed by atoms with Crippen molar-refractivity contribution < 1.29 is 59.4 Å². The molecule has 5 amide bonds. The maximum atomic E-state index is 14.5. The highest BCUT2D eigenvalue weighted by Crippen LogP contribution is 2.46. The number of fused-ring (bicyclic) bond motifs is 3. The highest BCUT2D eigenvalue weighted by Gasteiger charge is 2.62. The summed E-state index contributed by atoms with van der Waals surface area (Å²) < 4.78 is 93.5. The summed E-state index contributed by atoms with van der Waals surface area (Å²) in [6.45, 7) is 4.65. The number of nitrogens with zero attached hydrogens (tertiary/aromatic N) is 2. The molecule has 0 spiro atoms. The van der Waals surface area contributed by atoms with E-state index < -0.39 is 97.6 Å². The number of hydrogen-bond acceptors (Lipinski definition) is 9. The molecule has 3 aliphatic heterocycles. The van der Waals surface area contributed by atoms with E-state index in [4.69, 9.17) is 9.47 Å². The SMILES string of the molecule is CC(C)(C)OC(=O)N[C@H]1CCCCCC=C[C@@H]2C[C@@]2(C(=O)NS(=O)(=O)c2ccc(C(F)(F)F)cc2)NC(=O)[C@@H]2C[C@@H](OC(=O)N3Cc4cccc(F)c4C3)CN2C1=O. The van der Waals surface area contributed by atoms with Crippen LogP contribution in [0.2, 0.25) is 0 Å². The molecule has 2 aromatic carbocycles. The summed E-state index contributed by atoms with van der Waals surface area (Å²) >= 11 is 0. The third kappa shape index (κ3) is 9.56. The molecule has 3 N–H and O–H groups in total. The fourth-order valence-electron chi connectivity index (χ4n) is 7.44. The van der Waals surface area contributed by atoms with Gasteiger partial charge in [-0.3, -0.25) is 19.3 Å². The average Bonchev–Trinajstić information content (AvgIpc) is 3.42. The summed E-state index contributed by atoms with van der Waals surface area (Å²) in [5.74, 6) is -3.90. The normalized spacial score (nSPS) is 25.3. The number of nitrogens with one attached hydrogen (secondary N) is 3. The highest BCUT2D eigenvalue weighted by molar-refractivity contribution is 7.90. The first-order chi connectivity index (χ1) is 27.2. The quantitative estimate of drug-likeness (QED) is 0.274. The molecule has 4 aliphatic rings. The lowest BCUT2D eigenvalue weighted by Gasteiger charge is -2.30. The molecule has 58 heavy (non-hydrogen) atoms. The van der Waals surface area contributed by atoms with E-state index in [0.29, 0.717) is 61.1 Å². The summed E-state index contributed by atoms with van der Waals surface area (Å²) in [4.78, 5) is 70.7. The Morgan fingerprint density at radius 3 is 2.38 bits per heavy atom. The van der Waals surface area contributed by atoms with Crippen LogP contribution < -0.4 is 15.4 Å². The zero-order chi connectivity index (χ0) is 42.2. The van der Waals surface area contributed by atoms with E-state index in [1.54, 1.807) is 39.0 Å². The molecule has 2 fully saturated rings. The molecule has 5 atom stereocenters. The molecule has 19 heteroatoms. The third-order valence-corrected chi connectivity index (χ3v) is 11.9. The van der Waals surface area contributed by atoms with E-state index >= 15 is 0 Å². The Morgan fingerprint density at radius 1 is 0.983 bits per heavy atom. The van der Waals surface area contributed by atoms with Crippen LogP contribution in [-0.2, 0) is 53.1 Å². The summed E-state index contributed by atoms with van der Waals surface area (Å²) in [6.07, 6.45) is -1.83. The van der Waals surface area contributed by atoms with Crippen LogP contribution >= 0.6 is 0 Å². The second-order valence-corrected chi connectivity index (χ2v) is 17.7. The van der Waals surface area contributed by atoms with Gasteiger partial charge in [0.2, 0.25) is 11.8 Å². The summed E-state index contributed by atoms with van der Waals surface area (Å²) in [7, 11) is -4.72. The van der Waals surface area contributed by atoms with Crippen molar-refractivity contribution in [2.45, 2.75) is 119 Å². The van der Waals surface area contributed by atoms with Crippen molar-refractivity contribution in [3.63, 3.8) is 0 Å². The molecule has 0 radical (unpaired) electrons. The molecular formula is C39H45F4N5O9S. The van der Waals surface area contributed by atoms with Crippen LogP contribution in [0, 0.1) is 11.7 Å². The van der Waals surface area contributed by atoms with Gasteiger partial charge in [-0.1, -0.05) is 37.1 Å². The summed E-state index contributed by atoms with van der Waals surface area (Å²) in [6, 6.07) is 4.46. The van der Waals surface area contributed by atoms with Crippen molar-refractivity contribution in [3.05, 3.63) is 77.1 Å². The van der Waals surface area contributed by atoms with Crippen LogP contribution in [0.25, 0.3) is 0 Å². The molecule has 0 unspecified atom stereocenters. The van der Waals surface area contributed by atoms with Crippen LogP contribution in [-0.4, -0.2) is 84.0 Å². The Labute approximate surface area is 332 Å². The number of carbonyl (C=O) groups excluding carboxylic acids is 5. The minimum atomic E-state index is -4.73. The third-order valence-electron chi connectivity index (χ3n) is 10.5. The lowest BCUT2D eigenvalue weighted by atomic mass is 10.0. The highest BCUT2D eigenvalue weighted by atomic mass is 32.2. The van der Waals surface area contributed by atoms with Crippen LogP contribution in [0.3, 0.4) is 0 Å². The lowest BCUT2D eigenvalue weighted by molar-refractivity contribution is -0.141. The van der Waals surface area contributed by atoms with Crippen molar-refractivity contribution in [1.82, 2.24) is 25.2 Å². The Hall–Kier alpha value is -5.20. The smallest absolute Gasteiger partial charge is 0.416 e. The van der Waals surface area contributed by atoms with Crippen molar-refractivity contribution in [2.24, 2.45) is 5.92 Å². The molecule has 6 rings (SSSR count). The fourth-order valence-corrected chi connectivity index (χ4v) is 8.48. The number of allylic oxidation sites excluding steroid dienone is 1. The number of amides is 5. The first-order valence-corrected chi connectivity index (χ1v) is 20.4. The van der Waals surface area contributed by atoms with E-state index in [2.05, 4.69) is 10.6 Å². The van der Waals surface area contributed by atoms with Crippen LogP contribution in [0.4, 0.5) is 27.2 Å². The maximum Gasteiger partial charge on any atom is 0.416 e. The van der Waals surface area contributed by atoms with Crippen LogP contribution in [0.5, 0.6) is 0 Å². The predicted molar refractivity (Wildman–Crippen MR) is 197 cm³/mol. The van der Waals surface area contributed by atoms with Gasteiger partial charge in [0.15, 0.2) is 0 Å². The van der Waals surface area contributed by atoms with E-state index in [1.165, 1.54) is 17.0 Å². The van der Waals surface area contributed by atoms with Crippen molar-refractivity contribution >= 4 is 39.9 Å². The minimum Gasteiger partial charge on any atom is -0.444 e. The van der Waals surface area contributed by atoms with Gasteiger partial charge in [-0.05, 0) is 82.3 Å². The fraction of sp³-hybridized carbons (Fsp3) is 0.513. The topological polar surface area (TPSA) is 181 Å². The maximum absolute atomic E-state index is 14.5. The van der Waals surface area contributed by atoms with Crippen molar-refractivity contribution in [2.75, 3.05) is 6.54 Å². The Kier molecular flexibility index (Phi) is 11.9. The number of ether oxygens (including phenoxy) is 2. The molecule has 1 saturated carbocycles. The van der Waals surface area contributed by atoms with E-state index in [0.717, 1.165) is 4.90 Å². The number of hydrogen-bond donors (Lipinski definition) is 3. The second-order valence-electron chi connectivity index (χ2n) is 16.0. The first-order valence-electron chi connectivity index (χ1n) is 18.9. The zero-order valence-electron chi connectivity index (χ0n) is 32.1. The average molecular weight is 836 g/mol. The first kappa shape index (κ1) is 42.4. The standard InChI is InChI=1S/C39H45F4N5O9S/c1-37(2,3)57-35(52)44-30-13-8-6-4-5-7-11-25-19-38(25,34(51)46-58(54,55)27-16-14-24(15-17-27)39(41,42)43)45-32(49)31-18-26(21-48(31)33(30)50)56-36(53)47-20-23-10-9-12-29(40)28(23)22-47/h7,9-12,14-17,25-26,30-31H,4-6,8,13,18-22H2,1-3H3,(H,44,52)(H,45,49)(H,46,51)/t25-,26-,30+,31+,38-/m1/s1. The number of rotatable bonds is 5. The van der Waals surface area contributed by atoms with E-state index in [9.17, 15) is 50.0 Å². The predicted octanol–water partition coefficient (Wildman–Crippen LogP) is 5.06. The van der Waals surface area contributed by atoms with Gasteiger partial charge >= 0.3 is 18.4 Å². The number of carbonyl (C=O) groups is 5. The molecule has 2 aromatic rings. The van der Waals surface area contributed by atoms with Crippen LogP contribution in [0.15, 0.2) is 59.5 Å². The molecule has 0 bridgehead atoms. The van der Waals surface area contributed by atoms with E-state index in [-0.39, 0.29) is 38.9 Å². The molecule has 1 saturated heterocycles. The number of halogens is 4. The Balaban J connectivity index is 1.26. The summed E-state index contributed by atoms with van der Waals surface area (Å²) in [5.41, 5.74) is -2.90. The zero-order valence-corrected chi connectivity index (χ0v) is 32.9. The van der Waals surface area contributed by atoms with Gasteiger partial charge in [0.1, 0.15) is 35.1 Å². The summed E-state index contributed by atoms with van der Waals surface area (Å²) in [5, 5.41) is 5.27. The van der Waals surface area contributed by atoms with Gasteiger partial charge in [-0.15, -0.1) is 0 Å². The van der Waals surface area contributed by atoms with Crippen LogP contribution in [0.1, 0.15) is 82.4 Å². The number of benzene rings is 2. The van der Waals surface area contributed by atoms with Gasteiger partial charge in [0.05, 0.1) is 23.5 Å². The molecule has 314 valence electrons. The largest absolute Gasteiger partial charge is 0.444 e. The second kappa shape index (κ2) is 16.2. The number of alkyl carbamates (subject to hydrolysis) is 1. The van der Waals surface area contributed by atoms with Crippen molar-refractivity contribution in [3.8, 4) is 0 Å². The molecule has 14 nitrogen and oxygen atoms in total. The Bertz CT molecular complexity index is 2090. The van der Waals surface area contributed by atoms with Gasteiger partial charge in [0.25, 0.3) is 15.9 Å². The minimum absolute atomic E-state index is 0.0441. The Morgan fingerprint density at radius 2 is 1.71 bits per heavy atom. The number of alkyl halides is 3. The van der Waals surface area contributed by atoms with Gasteiger partial charge in [-0.2, -0.15) is 13.2 Å². The van der Waals surface area contributed by atoms with E-state index in [1.807, 2.05) is 4.72 Å². The van der Waals surface area contributed by atoms with Gasteiger partial charge < -0.3 is 25.0 Å². The molecule has 3 heterocycles. The molecular weight excluding hydrogens is 791 g/mol. The monoisotopic (exact) mass is 835 g/mol. The van der Waals surface area contributed by atoms with Gasteiger partial charge in [-0.25, -0.2) is 27.1 Å².